The SMILES string of the molecule is C[C@@H](NS(=O)(=O)c1ccc(N2CCCC2=O)cc1)c1ccc(C(C)(C)C)cc1. The number of anilines is 1. The van der Waals surface area contributed by atoms with E-state index >= 15 is 0 Å². The van der Waals surface area contributed by atoms with E-state index in [2.05, 4.69) is 25.5 Å². The van der Waals surface area contributed by atoms with E-state index in [1.807, 2.05) is 31.2 Å². The molecule has 0 bridgehead atoms. The molecule has 28 heavy (non-hydrogen) atoms. The molecule has 1 aliphatic rings. The number of nitrogens with one attached hydrogen (secondary N) is 1. The van der Waals surface area contributed by atoms with Gasteiger partial charge in [0.15, 0.2) is 0 Å². The standard InChI is InChI=1S/C22H28N2O3S/c1-16(17-7-9-18(10-8-17)22(2,3)4)23-28(26,27)20-13-11-19(12-14-20)24-15-5-6-21(24)25/h7-14,16,23H,5-6,15H2,1-4H3/t16-/m1/s1. The first kappa shape index (κ1) is 20.6. The highest BCUT2D eigenvalue weighted by atomic mass is 32.2. The molecule has 1 aliphatic heterocycles. The molecular weight excluding hydrogens is 372 g/mol. The maximum atomic E-state index is 12.7. The number of hydrogen-bond acceptors (Lipinski definition) is 3. The number of nitrogens with zero attached hydrogens (tertiary/aromatic N) is 1. The predicted molar refractivity (Wildman–Crippen MR) is 112 cm³/mol. The van der Waals surface area contributed by atoms with Crippen LogP contribution >= 0.6 is 0 Å². The van der Waals surface area contributed by atoms with Gasteiger partial charge in [-0.2, -0.15) is 0 Å². The molecule has 1 atom stereocenters. The summed E-state index contributed by atoms with van der Waals surface area (Å²) in [5.74, 6) is 0.0843. The molecule has 2 aromatic rings. The first-order valence-electron chi connectivity index (χ1n) is 9.61. The topological polar surface area (TPSA) is 66.5 Å². The normalized spacial score (nSPS) is 16.4. The number of rotatable bonds is 5. The summed E-state index contributed by atoms with van der Waals surface area (Å²) in [6.07, 6.45) is 1.39. The summed E-state index contributed by atoms with van der Waals surface area (Å²) in [5.41, 5.74) is 2.92. The minimum absolute atomic E-state index is 0.0553. The number of hydrogen-bond donors (Lipinski definition) is 1. The Bertz CT molecular complexity index is 943. The molecule has 1 fully saturated rings. The van der Waals surface area contributed by atoms with Crippen LogP contribution in [0.3, 0.4) is 0 Å². The molecule has 3 rings (SSSR count). The smallest absolute Gasteiger partial charge is 0.241 e. The van der Waals surface area contributed by atoms with Gasteiger partial charge in [-0.15, -0.1) is 0 Å². The van der Waals surface area contributed by atoms with Crippen LogP contribution in [-0.4, -0.2) is 20.9 Å². The van der Waals surface area contributed by atoms with Gasteiger partial charge < -0.3 is 4.90 Å². The third kappa shape index (κ3) is 4.45. The zero-order valence-corrected chi connectivity index (χ0v) is 17.7. The Morgan fingerprint density at radius 1 is 1.00 bits per heavy atom. The van der Waals surface area contributed by atoms with Gasteiger partial charge in [-0.25, -0.2) is 13.1 Å². The molecule has 0 unspecified atom stereocenters. The van der Waals surface area contributed by atoms with E-state index in [9.17, 15) is 13.2 Å². The van der Waals surface area contributed by atoms with E-state index in [1.54, 1.807) is 29.2 Å². The summed E-state index contributed by atoms with van der Waals surface area (Å²) in [7, 11) is -3.65. The summed E-state index contributed by atoms with van der Waals surface area (Å²) in [5, 5.41) is 0. The number of carbonyl (C=O) groups excluding carboxylic acids is 1. The molecule has 6 heteroatoms. The monoisotopic (exact) mass is 400 g/mol. The summed E-state index contributed by atoms with van der Waals surface area (Å²) in [6, 6.07) is 14.2. The number of carbonyl (C=O) groups is 1. The molecule has 150 valence electrons. The largest absolute Gasteiger partial charge is 0.312 e. The Hall–Kier alpha value is -2.18. The summed E-state index contributed by atoms with van der Waals surface area (Å²) < 4.78 is 28.2. The van der Waals surface area contributed by atoms with Crippen LogP contribution in [0.25, 0.3) is 0 Å². The molecule has 2 aromatic carbocycles. The van der Waals surface area contributed by atoms with Crippen molar-refractivity contribution in [1.82, 2.24) is 4.72 Å². The lowest BCUT2D eigenvalue weighted by Crippen LogP contribution is -2.27. The van der Waals surface area contributed by atoms with Crippen LogP contribution < -0.4 is 9.62 Å². The van der Waals surface area contributed by atoms with Crippen molar-refractivity contribution in [2.24, 2.45) is 0 Å². The molecule has 0 spiro atoms. The first-order chi connectivity index (χ1) is 13.1. The van der Waals surface area contributed by atoms with E-state index < -0.39 is 10.0 Å². The summed E-state index contributed by atoms with van der Waals surface area (Å²) in [6.45, 7) is 8.96. The molecule has 0 radical (unpaired) electrons. The van der Waals surface area contributed by atoms with E-state index in [1.165, 1.54) is 5.56 Å². The van der Waals surface area contributed by atoms with Gasteiger partial charge in [0, 0.05) is 24.7 Å². The zero-order valence-electron chi connectivity index (χ0n) is 16.9. The van der Waals surface area contributed by atoms with Crippen LogP contribution in [0.5, 0.6) is 0 Å². The Morgan fingerprint density at radius 2 is 1.61 bits per heavy atom. The number of sulfonamides is 1. The van der Waals surface area contributed by atoms with Crippen molar-refractivity contribution < 1.29 is 13.2 Å². The quantitative estimate of drug-likeness (QED) is 0.820. The predicted octanol–water partition coefficient (Wildman–Crippen LogP) is 4.15. The van der Waals surface area contributed by atoms with Crippen LogP contribution in [-0.2, 0) is 20.2 Å². The molecule has 1 N–H and O–H groups in total. The summed E-state index contributed by atoms with van der Waals surface area (Å²) in [4.78, 5) is 13.7. The van der Waals surface area contributed by atoms with Gasteiger partial charge in [-0.1, -0.05) is 45.0 Å². The Labute approximate surface area is 167 Å². The molecule has 1 heterocycles. The molecule has 1 amide bonds. The van der Waals surface area contributed by atoms with Gasteiger partial charge >= 0.3 is 0 Å². The van der Waals surface area contributed by atoms with Crippen molar-refractivity contribution in [3.8, 4) is 0 Å². The highest BCUT2D eigenvalue weighted by molar-refractivity contribution is 7.89. The maximum absolute atomic E-state index is 12.7. The van der Waals surface area contributed by atoms with Gasteiger partial charge in [0.05, 0.1) is 4.90 Å². The lowest BCUT2D eigenvalue weighted by Gasteiger charge is -2.21. The fraction of sp³-hybridized carbons (Fsp3) is 0.409. The average molecular weight is 401 g/mol. The minimum atomic E-state index is -3.65. The molecule has 5 nitrogen and oxygen atoms in total. The van der Waals surface area contributed by atoms with Crippen LogP contribution in [0.1, 0.15) is 57.7 Å². The Balaban J connectivity index is 1.73. The van der Waals surface area contributed by atoms with Crippen LogP contribution in [0.15, 0.2) is 53.4 Å². The Morgan fingerprint density at radius 3 is 2.11 bits per heavy atom. The van der Waals surface area contributed by atoms with Gasteiger partial charge in [-0.05, 0) is 54.2 Å². The van der Waals surface area contributed by atoms with Crippen molar-refractivity contribution in [2.75, 3.05) is 11.4 Å². The Kier molecular flexibility index (Phi) is 5.64. The molecule has 0 aliphatic carbocycles. The first-order valence-corrected chi connectivity index (χ1v) is 11.1. The second kappa shape index (κ2) is 7.68. The highest BCUT2D eigenvalue weighted by Gasteiger charge is 2.23. The van der Waals surface area contributed by atoms with E-state index in [0.29, 0.717) is 13.0 Å². The maximum Gasteiger partial charge on any atom is 0.241 e. The van der Waals surface area contributed by atoms with E-state index in [0.717, 1.165) is 17.7 Å². The number of benzene rings is 2. The minimum Gasteiger partial charge on any atom is -0.312 e. The van der Waals surface area contributed by atoms with Gasteiger partial charge in [-0.3, -0.25) is 4.79 Å². The van der Waals surface area contributed by atoms with Gasteiger partial charge in [0.1, 0.15) is 0 Å². The van der Waals surface area contributed by atoms with Gasteiger partial charge in [0.2, 0.25) is 15.9 Å². The van der Waals surface area contributed by atoms with Crippen LogP contribution in [0.2, 0.25) is 0 Å². The van der Waals surface area contributed by atoms with Crippen molar-refractivity contribution in [1.29, 1.82) is 0 Å². The second-order valence-electron chi connectivity index (χ2n) is 8.36. The number of amides is 1. The second-order valence-corrected chi connectivity index (χ2v) is 10.1. The van der Waals surface area contributed by atoms with Crippen molar-refractivity contribution >= 4 is 21.6 Å². The molecule has 0 aromatic heterocycles. The summed E-state index contributed by atoms with van der Waals surface area (Å²) >= 11 is 0. The van der Waals surface area contributed by atoms with Crippen molar-refractivity contribution in [3.05, 3.63) is 59.7 Å². The van der Waals surface area contributed by atoms with Crippen molar-refractivity contribution in [3.63, 3.8) is 0 Å². The zero-order chi connectivity index (χ0) is 20.5. The average Bonchev–Trinajstić information content (AvgIpc) is 3.07. The third-order valence-corrected chi connectivity index (χ3v) is 6.70. The lowest BCUT2D eigenvalue weighted by atomic mass is 9.86. The highest BCUT2D eigenvalue weighted by Crippen LogP contribution is 2.26. The molecule has 1 saturated heterocycles. The third-order valence-electron chi connectivity index (χ3n) is 5.14. The molecular formula is C22H28N2O3S. The van der Waals surface area contributed by atoms with Crippen LogP contribution in [0, 0.1) is 0 Å². The van der Waals surface area contributed by atoms with Crippen LogP contribution in [0.4, 0.5) is 5.69 Å². The fourth-order valence-corrected chi connectivity index (χ4v) is 4.60. The van der Waals surface area contributed by atoms with E-state index in [4.69, 9.17) is 0 Å². The van der Waals surface area contributed by atoms with Gasteiger partial charge in [0.25, 0.3) is 0 Å². The van der Waals surface area contributed by atoms with Crippen molar-refractivity contribution in [2.45, 2.75) is 56.9 Å². The lowest BCUT2D eigenvalue weighted by molar-refractivity contribution is -0.117. The fourth-order valence-electron chi connectivity index (χ4n) is 3.37. The van der Waals surface area contributed by atoms with E-state index in [-0.39, 0.29) is 22.3 Å². The molecule has 0 saturated carbocycles.